The largest absolute Gasteiger partial charge is 0.342 e. The molecule has 0 radical (unpaired) electrons. The molecule has 2 aliphatic heterocycles. The van der Waals surface area contributed by atoms with Crippen LogP contribution < -0.4 is 5.32 Å². The molecule has 1 amide bonds. The predicted octanol–water partition coefficient (Wildman–Crippen LogP) is 3.05. The molecule has 2 rings (SSSR count). The van der Waals surface area contributed by atoms with Crippen molar-refractivity contribution in [1.82, 2.24) is 10.2 Å². The number of amides is 1. The average molecular weight is 280 g/mol. The van der Waals surface area contributed by atoms with Gasteiger partial charge in [-0.15, -0.1) is 0 Å². The van der Waals surface area contributed by atoms with Gasteiger partial charge in [-0.1, -0.05) is 27.7 Å². The molecule has 1 N–H and O–H groups in total. The average Bonchev–Trinajstić information content (AvgIpc) is 2.38. The van der Waals surface area contributed by atoms with Crippen molar-refractivity contribution in [2.24, 2.45) is 16.7 Å². The zero-order valence-corrected chi connectivity index (χ0v) is 13.8. The fraction of sp³-hybridized carbons (Fsp3) is 0.941. The molecule has 2 heterocycles. The Labute approximate surface area is 124 Å². The number of hydrogen-bond acceptors (Lipinski definition) is 2. The molecule has 1 spiro atoms. The van der Waals surface area contributed by atoms with Gasteiger partial charge in [-0.25, -0.2) is 0 Å². The normalized spacial score (nSPS) is 23.4. The smallest absolute Gasteiger partial charge is 0.228 e. The fourth-order valence-electron chi connectivity index (χ4n) is 4.18. The highest BCUT2D eigenvalue weighted by Gasteiger charge is 2.40. The summed E-state index contributed by atoms with van der Waals surface area (Å²) in [5, 5.41) is 3.54. The van der Waals surface area contributed by atoms with Gasteiger partial charge < -0.3 is 10.2 Å². The lowest BCUT2D eigenvalue weighted by molar-refractivity contribution is -0.143. The van der Waals surface area contributed by atoms with Crippen LogP contribution in [0.5, 0.6) is 0 Å². The highest BCUT2D eigenvalue weighted by atomic mass is 16.2. The van der Waals surface area contributed by atoms with Crippen molar-refractivity contribution < 1.29 is 4.79 Å². The zero-order valence-electron chi connectivity index (χ0n) is 13.8. The summed E-state index contributed by atoms with van der Waals surface area (Å²) in [7, 11) is 0. The Morgan fingerprint density at radius 3 is 2.40 bits per heavy atom. The van der Waals surface area contributed by atoms with Gasteiger partial charge in [-0.05, 0) is 50.0 Å². The third-order valence-corrected chi connectivity index (χ3v) is 5.17. The Balaban J connectivity index is 1.91. The van der Waals surface area contributed by atoms with Gasteiger partial charge in [0.05, 0.1) is 0 Å². The standard InChI is InChI=1S/C17H32N2O/c1-14(2)12-16(3,4)15(20)19-10-7-17(8-11-19)6-5-9-18-13-17/h14,18H,5-13H2,1-4H3. The lowest BCUT2D eigenvalue weighted by Crippen LogP contribution is -2.52. The second-order valence-electron chi connectivity index (χ2n) is 8.05. The third-order valence-electron chi connectivity index (χ3n) is 5.17. The number of rotatable bonds is 3. The summed E-state index contributed by atoms with van der Waals surface area (Å²) >= 11 is 0. The second kappa shape index (κ2) is 6.05. The number of likely N-dealkylation sites (tertiary alicyclic amines) is 1. The maximum absolute atomic E-state index is 12.7. The Morgan fingerprint density at radius 2 is 1.90 bits per heavy atom. The number of piperidine rings is 2. The van der Waals surface area contributed by atoms with Crippen LogP contribution >= 0.6 is 0 Å². The quantitative estimate of drug-likeness (QED) is 0.862. The third kappa shape index (κ3) is 3.55. The van der Waals surface area contributed by atoms with E-state index in [4.69, 9.17) is 0 Å². The molecule has 0 unspecified atom stereocenters. The summed E-state index contributed by atoms with van der Waals surface area (Å²) in [4.78, 5) is 14.9. The van der Waals surface area contributed by atoms with E-state index in [1.807, 2.05) is 0 Å². The first kappa shape index (κ1) is 15.8. The van der Waals surface area contributed by atoms with Crippen LogP contribution in [-0.4, -0.2) is 37.0 Å². The zero-order chi connectivity index (χ0) is 14.8. The van der Waals surface area contributed by atoms with Crippen molar-refractivity contribution in [3.05, 3.63) is 0 Å². The molecule has 2 fully saturated rings. The summed E-state index contributed by atoms with van der Waals surface area (Å²) < 4.78 is 0. The van der Waals surface area contributed by atoms with E-state index in [1.165, 1.54) is 32.2 Å². The summed E-state index contributed by atoms with van der Waals surface area (Å²) in [5.74, 6) is 0.942. The summed E-state index contributed by atoms with van der Waals surface area (Å²) in [6.07, 6.45) is 5.99. The van der Waals surface area contributed by atoms with Crippen molar-refractivity contribution in [2.45, 2.75) is 59.8 Å². The van der Waals surface area contributed by atoms with E-state index in [-0.39, 0.29) is 5.41 Å². The first-order valence-electron chi connectivity index (χ1n) is 8.35. The molecule has 0 atom stereocenters. The van der Waals surface area contributed by atoms with Gasteiger partial charge >= 0.3 is 0 Å². The van der Waals surface area contributed by atoms with E-state index in [9.17, 15) is 4.79 Å². The Morgan fingerprint density at radius 1 is 1.25 bits per heavy atom. The number of nitrogens with zero attached hydrogens (tertiary/aromatic N) is 1. The SMILES string of the molecule is CC(C)CC(C)(C)C(=O)N1CCC2(CCCNC2)CC1. The van der Waals surface area contributed by atoms with Crippen LogP contribution in [0, 0.1) is 16.7 Å². The van der Waals surface area contributed by atoms with Crippen molar-refractivity contribution in [3.8, 4) is 0 Å². The molecule has 0 saturated carbocycles. The molecule has 3 nitrogen and oxygen atoms in total. The highest BCUT2D eigenvalue weighted by Crippen LogP contribution is 2.38. The minimum absolute atomic E-state index is 0.205. The molecule has 20 heavy (non-hydrogen) atoms. The first-order chi connectivity index (χ1) is 9.35. The molecular weight excluding hydrogens is 248 g/mol. The molecule has 0 aromatic heterocycles. The van der Waals surface area contributed by atoms with E-state index in [2.05, 4.69) is 37.9 Å². The second-order valence-corrected chi connectivity index (χ2v) is 8.05. The number of hydrogen-bond donors (Lipinski definition) is 1. The van der Waals surface area contributed by atoms with Gasteiger partial charge in [0.25, 0.3) is 0 Å². The van der Waals surface area contributed by atoms with E-state index in [0.717, 1.165) is 26.1 Å². The van der Waals surface area contributed by atoms with Crippen LogP contribution in [0.4, 0.5) is 0 Å². The van der Waals surface area contributed by atoms with Crippen LogP contribution in [0.25, 0.3) is 0 Å². The van der Waals surface area contributed by atoms with Crippen molar-refractivity contribution in [3.63, 3.8) is 0 Å². The summed E-state index contributed by atoms with van der Waals surface area (Å²) in [6, 6.07) is 0. The first-order valence-corrected chi connectivity index (χ1v) is 8.35. The van der Waals surface area contributed by atoms with E-state index < -0.39 is 0 Å². The molecule has 3 heteroatoms. The molecule has 0 aromatic rings. The summed E-state index contributed by atoms with van der Waals surface area (Å²) in [5.41, 5.74) is 0.278. The van der Waals surface area contributed by atoms with Gasteiger partial charge in [-0.2, -0.15) is 0 Å². The van der Waals surface area contributed by atoms with Crippen LogP contribution in [0.1, 0.15) is 59.8 Å². The molecule has 0 aliphatic carbocycles. The molecule has 2 saturated heterocycles. The van der Waals surface area contributed by atoms with Crippen LogP contribution in [0.2, 0.25) is 0 Å². The minimum Gasteiger partial charge on any atom is -0.342 e. The van der Waals surface area contributed by atoms with Gasteiger partial charge in [0.2, 0.25) is 5.91 Å². The molecule has 0 bridgehead atoms. The Hall–Kier alpha value is -0.570. The Bertz CT molecular complexity index is 333. The van der Waals surface area contributed by atoms with Crippen LogP contribution in [0.3, 0.4) is 0 Å². The number of carbonyl (C=O) groups excluding carboxylic acids is 1. The van der Waals surface area contributed by atoms with Gasteiger partial charge in [0.15, 0.2) is 0 Å². The van der Waals surface area contributed by atoms with Crippen LogP contribution in [-0.2, 0) is 4.79 Å². The number of carbonyl (C=O) groups is 1. The van der Waals surface area contributed by atoms with Crippen molar-refractivity contribution in [2.75, 3.05) is 26.2 Å². The summed E-state index contributed by atoms with van der Waals surface area (Å²) in [6.45, 7) is 12.9. The highest BCUT2D eigenvalue weighted by molar-refractivity contribution is 5.82. The minimum atomic E-state index is -0.205. The van der Waals surface area contributed by atoms with E-state index in [0.29, 0.717) is 17.2 Å². The molecule has 2 aliphatic rings. The molecule has 116 valence electrons. The lowest BCUT2D eigenvalue weighted by atomic mass is 9.72. The lowest BCUT2D eigenvalue weighted by Gasteiger charge is -2.46. The Kier molecular flexibility index (Phi) is 4.78. The van der Waals surface area contributed by atoms with Gasteiger partial charge in [-0.3, -0.25) is 4.79 Å². The van der Waals surface area contributed by atoms with Crippen molar-refractivity contribution in [1.29, 1.82) is 0 Å². The van der Waals surface area contributed by atoms with Crippen molar-refractivity contribution >= 4 is 5.91 Å². The van der Waals surface area contributed by atoms with Gasteiger partial charge in [0.1, 0.15) is 0 Å². The fourth-order valence-corrected chi connectivity index (χ4v) is 4.18. The monoisotopic (exact) mass is 280 g/mol. The molecule has 0 aromatic carbocycles. The predicted molar refractivity (Wildman–Crippen MR) is 83.6 cm³/mol. The van der Waals surface area contributed by atoms with E-state index in [1.54, 1.807) is 0 Å². The van der Waals surface area contributed by atoms with E-state index >= 15 is 0 Å². The topological polar surface area (TPSA) is 32.3 Å². The molecular formula is C17H32N2O. The van der Waals surface area contributed by atoms with Gasteiger partial charge in [0, 0.05) is 25.0 Å². The number of nitrogens with one attached hydrogen (secondary N) is 1. The maximum atomic E-state index is 12.7. The van der Waals surface area contributed by atoms with Crippen LogP contribution in [0.15, 0.2) is 0 Å². The maximum Gasteiger partial charge on any atom is 0.228 e.